The fraction of sp³-hybridized carbons (Fsp3) is 0.455. The second kappa shape index (κ2) is 7.30. The molecule has 104 valence electrons. The summed E-state index contributed by atoms with van der Waals surface area (Å²) in [6.45, 7) is 2.50. The summed E-state index contributed by atoms with van der Waals surface area (Å²) in [6, 6.07) is 1.20. The van der Waals surface area contributed by atoms with Gasteiger partial charge in [-0.1, -0.05) is 18.5 Å². The molecule has 0 aliphatic carbocycles. The summed E-state index contributed by atoms with van der Waals surface area (Å²) in [5.41, 5.74) is -0.415. The van der Waals surface area contributed by atoms with Crippen molar-refractivity contribution in [1.29, 1.82) is 0 Å². The fourth-order valence-corrected chi connectivity index (χ4v) is 1.86. The van der Waals surface area contributed by atoms with E-state index in [1.54, 1.807) is 11.8 Å². The summed E-state index contributed by atoms with van der Waals surface area (Å²) < 4.78 is 0. The van der Waals surface area contributed by atoms with Gasteiger partial charge in [-0.2, -0.15) is 11.8 Å². The first-order valence-corrected chi connectivity index (χ1v) is 7.23. The van der Waals surface area contributed by atoms with Crippen LogP contribution in [-0.2, 0) is 0 Å². The molecule has 1 unspecified atom stereocenters. The van der Waals surface area contributed by atoms with E-state index >= 15 is 0 Å². The number of thioether (sulfide) groups is 1. The molecule has 0 aliphatic heterocycles. The molecule has 1 atom stereocenters. The predicted octanol–water partition coefficient (Wildman–Crippen LogP) is 2.51. The zero-order valence-corrected chi connectivity index (χ0v) is 12.1. The standard InChI is InChI=1S/C11H14ClN3O3S/c1-7(19-2)3-4-13-11(16)8-5-10(12)14-6-9(8)15(17)18/h5-7H,3-4H2,1-2H3,(H,13,16). The summed E-state index contributed by atoms with van der Waals surface area (Å²) >= 11 is 7.35. The van der Waals surface area contributed by atoms with Gasteiger partial charge in [-0.25, -0.2) is 4.98 Å². The first-order chi connectivity index (χ1) is 8.95. The third-order valence-corrected chi connectivity index (χ3v) is 3.78. The van der Waals surface area contributed by atoms with Gasteiger partial charge in [0.15, 0.2) is 0 Å². The highest BCUT2D eigenvalue weighted by atomic mass is 35.5. The topological polar surface area (TPSA) is 85.1 Å². The molecule has 0 spiro atoms. The van der Waals surface area contributed by atoms with E-state index in [0.29, 0.717) is 11.8 Å². The van der Waals surface area contributed by atoms with Gasteiger partial charge in [0.1, 0.15) is 16.9 Å². The van der Waals surface area contributed by atoms with Gasteiger partial charge in [0, 0.05) is 11.8 Å². The molecule has 1 aromatic heterocycles. The molecule has 0 bridgehead atoms. The minimum atomic E-state index is -0.650. The maximum Gasteiger partial charge on any atom is 0.300 e. The van der Waals surface area contributed by atoms with Gasteiger partial charge in [0.2, 0.25) is 0 Å². The highest BCUT2D eigenvalue weighted by molar-refractivity contribution is 7.99. The molecule has 19 heavy (non-hydrogen) atoms. The van der Waals surface area contributed by atoms with Crippen LogP contribution in [0.25, 0.3) is 0 Å². The minimum absolute atomic E-state index is 0.0493. The number of carbonyl (C=O) groups is 1. The molecule has 6 nitrogen and oxygen atoms in total. The van der Waals surface area contributed by atoms with Crippen molar-refractivity contribution in [2.24, 2.45) is 0 Å². The van der Waals surface area contributed by atoms with Gasteiger partial charge in [-0.05, 0) is 18.7 Å². The van der Waals surface area contributed by atoms with Crippen LogP contribution in [0.15, 0.2) is 12.3 Å². The van der Waals surface area contributed by atoms with Gasteiger partial charge in [0.25, 0.3) is 11.6 Å². The van der Waals surface area contributed by atoms with Crippen LogP contribution in [0.2, 0.25) is 5.15 Å². The molecule has 8 heteroatoms. The molecule has 0 aliphatic rings. The number of pyridine rings is 1. The van der Waals surface area contributed by atoms with Crippen LogP contribution >= 0.6 is 23.4 Å². The number of nitrogens with zero attached hydrogens (tertiary/aromatic N) is 2. The first-order valence-electron chi connectivity index (χ1n) is 5.56. The first kappa shape index (κ1) is 15.7. The number of hydrogen-bond acceptors (Lipinski definition) is 5. The Balaban J connectivity index is 2.76. The molecule has 0 radical (unpaired) electrons. The lowest BCUT2D eigenvalue weighted by Gasteiger charge is -2.09. The Morgan fingerprint density at radius 2 is 2.37 bits per heavy atom. The van der Waals surface area contributed by atoms with E-state index in [0.717, 1.165) is 12.6 Å². The van der Waals surface area contributed by atoms with E-state index in [2.05, 4.69) is 10.3 Å². The van der Waals surface area contributed by atoms with Crippen LogP contribution < -0.4 is 5.32 Å². The summed E-state index contributed by atoms with van der Waals surface area (Å²) in [7, 11) is 0. The van der Waals surface area contributed by atoms with E-state index in [1.165, 1.54) is 6.07 Å². The number of nitro groups is 1. The quantitative estimate of drug-likeness (QED) is 0.496. The maximum absolute atomic E-state index is 11.9. The Labute approximate surface area is 120 Å². The van der Waals surface area contributed by atoms with Crippen LogP contribution in [0.4, 0.5) is 5.69 Å². The smallest absolute Gasteiger partial charge is 0.300 e. The lowest BCUT2D eigenvalue weighted by atomic mass is 10.2. The van der Waals surface area contributed by atoms with Crippen LogP contribution in [-0.4, -0.2) is 33.9 Å². The van der Waals surface area contributed by atoms with Crippen LogP contribution in [0.3, 0.4) is 0 Å². The Bertz CT molecular complexity index is 484. The fourth-order valence-electron chi connectivity index (χ4n) is 1.35. The summed E-state index contributed by atoms with van der Waals surface area (Å²) in [4.78, 5) is 25.6. The van der Waals surface area contributed by atoms with E-state index < -0.39 is 10.8 Å². The van der Waals surface area contributed by atoms with E-state index in [-0.39, 0.29) is 16.4 Å². The van der Waals surface area contributed by atoms with E-state index in [9.17, 15) is 14.9 Å². The number of nitrogens with one attached hydrogen (secondary N) is 1. The number of rotatable bonds is 6. The molecule has 1 N–H and O–H groups in total. The van der Waals surface area contributed by atoms with Gasteiger partial charge >= 0.3 is 0 Å². The second-order valence-electron chi connectivity index (χ2n) is 3.87. The molecule has 0 fully saturated rings. The lowest BCUT2D eigenvalue weighted by Crippen LogP contribution is -2.26. The Morgan fingerprint density at radius 3 is 2.95 bits per heavy atom. The molecule has 0 aromatic carbocycles. The largest absolute Gasteiger partial charge is 0.352 e. The van der Waals surface area contributed by atoms with E-state index in [1.807, 2.05) is 13.2 Å². The molecule has 0 saturated carbocycles. The van der Waals surface area contributed by atoms with E-state index in [4.69, 9.17) is 11.6 Å². The monoisotopic (exact) mass is 303 g/mol. The maximum atomic E-state index is 11.9. The van der Waals surface area contributed by atoms with Crippen LogP contribution in [0, 0.1) is 10.1 Å². The van der Waals surface area contributed by atoms with Crippen molar-refractivity contribution in [1.82, 2.24) is 10.3 Å². The SMILES string of the molecule is CSC(C)CCNC(=O)c1cc(Cl)ncc1[N+](=O)[O-]. The third-order valence-electron chi connectivity index (χ3n) is 2.53. The van der Waals surface area contributed by atoms with Gasteiger partial charge in [0.05, 0.1) is 4.92 Å². The van der Waals surface area contributed by atoms with Crippen molar-refractivity contribution < 1.29 is 9.72 Å². The Morgan fingerprint density at radius 1 is 1.68 bits per heavy atom. The van der Waals surface area contributed by atoms with Crippen LogP contribution in [0.5, 0.6) is 0 Å². The Hall–Kier alpha value is -1.34. The highest BCUT2D eigenvalue weighted by Gasteiger charge is 2.21. The molecule has 1 amide bonds. The lowest BCUT2D eigenvalue weighted by molar-refractivity contribution is -0.385. The zero-order valence-electron chi connectivity index (χ0n) is 10.6. The molecule has 1 aromatic rings. The molecular weight excluding hydrogens is 290 g/mol. The number of aromatic nitrogens is 1. The van der Waals surface area contributed by atoms with Crippen molar-refractivity contribution in [3.8, 4) is 0 Å². The molecule has 1 heterocycles. The van der Waals surface area contributed by atoms with Crippen molar-refractivity contribution in [3.05, 3.63) is 33.1 Å². The van der Waals surface area contributed by atoms with Gasteiger partial charge in [-0.3, -0.25) is 14.9 Å². The summed E-state index contributed by atoms with van der Waals surface area (Å²) in [5.74, 6) is -0.510. The molecular formula is C11H14ClN3O3S. The normalized spacial score (nSPS) is 11.9. The van der Waals surface area contributed by atoms with Crippen molar-refractivity contribution in [2.75, 3.05) is 12.8 Å². The number of hydrogen-bond donors (Lipinski definition) is 1. The average molecular weight is 304 g/mol. The molecule has 0 saturated heterocycles. The van der Waals surface area contributed by atoms with Gasteiger partial charge in [-0.15, -0.1) is 0 Å². The van der Waals surface area contributed by atoms with Gasteiger partial charge < -0.3 is 5.32 Å². The number of amides is 1. The zero-order chi connectivity index (χ0) is 14.4. The van der Waals surface area contributed by atoms with Crippen molar-refractivity contribution in [2.45, 2.75) is 18.6 Å². The van der Waals surface area contributed by atoms with Crippen LogP contribution in [0.1, 0.15) is 23.7 Å². The second-order valence-corrected chi connectivity index (χ2v) is 5.54. The predicted molar refractivity (Wildman–Crippen MR) is 75.8 cm³/mol. The van der Waals surface area contributed by atoms with Crippen molar-refractivity contribution >= 4 is 35.0 Å². The highest BCUT2D eigenvalue weighted by Crippen LogP contribution is 2.20. The Kier molecular flexibility index (Phi) is 6.04. The number of halogens is 1. The molecule has 1 rings (SSSR count). The summed E-state index contributed by atoms with van der Waals surface area (Å²) in [5, 5.41) is 13.9. The minimum Gasteiger partial charge on any atom is -0.352 e. The summed E-state index contributed by atoms with van der Waals surface area (Å²) in [6.07, 6.45) is 3.77. The third kappa shape index (κ3) is 4.68. The van der Waals surface area contributed by atoms with Crippen molar-refractivity contribution in [3.63, 3.8) is 0 Å². The average Bonchev–Trinajstić information content (AvgIpc) is 2.37. The number of carbonyl (C=O) groups excluding carboxylic acids is 1.